The molecule has 0 aromatic heterocycles. The van der Waals surface area contributed by atoms with Gasteiger partial charge in [-0.2, -0.15) is 0 Å². The topological polar surface area (TPSA) is 50.4 Å². The lowest BCUT2D eigenvalue weighted by Crippen LogP contribution is -2.39. The summed E-state index contributed by atoms with van der Waals surface area (Å²) >= 11 is 0. The van der Waals surface area contributed by atoms with Crippen LogP contribution in [0.25, 0.3) is 0 Å². The second-order valence-corrected chi connectivity index (χ2v) is 6.12. The maximum atomic E-state index is 11.5. The van der Waals surface area contributed by atoms with Crippen molar-refractivity contribution in [3.8, 4) is 5.75 Å². The Hall–Kier alpha value is -2.33. The van der Waals surface area contributed by atoms with E-state index in [0.29, 0.717) is 13.2 Å². The molecule has 0 saturated heterocycles. The Morgan fingerprint density at radius 2 is 1.67 bits per heavy atom. The third kappa shape index (κ3) is 6.05. The largest absolute Gasteiger partial charge is 0.489 e. The monoisotopic (exact) mass is 326 g/mol. The molecule has 2 aromatic carbocycles. The van der Waals surface area contributed by atoms with Gasteiger partial charge in [0.1, 0.15) is 12.4 Å². The highest BCUT2D eigenvalue weighted by atomic mass is 16.5. The molecule has 128 valence electrons. The maximum Gasteiger partial charge on any atom is 0.234 e. The van der Waals surface area contributed by atoms with Crippen molar-refractivity contribution < 1.29 is 9.53 Å². The zero-order chi connectivity index (χ0) is 17.4. The van der Waals surface area contributed by atoms with Crippen molar-refractivity contribution in [3.63, 3.8) is 0 Å². The Labute approximate surface area is 144 Å². The van der Waals surface area contributed by atoms with E-state index < -0.39 is 0 Å². The molecule has 2 aromatic rings. The molecule has 2 rings (SSSR count). The van der Waals surface area contributed by atoms with E-state index in [-0.39, 0.29) is 11.9 Å². The summed E-state index contributed by atoms with van der Waals surface area (Å²) < 4.78 is 5.81. The molecule has 0 saturated carbocycles. The van der Waals surface area contributed by atoms with Gasteiger partial charge in [-0.25, -0.2) is 0 Å². The van der Waals surface area contributed by atoms with Gasteiger partial charge in [-0.3, -0.25) is 4.79 Å². The number of carbonyl (C=O) groups excluding carboxylic acids is 1. The zero-order valence-electron chi connectivity index (χ0n) is 14.6. The minimum absolute atomic E-state index is 0.0167. The van der Waals surface area contributed by atoms with Crippen molar-refractivity contribution in [1.29, 1.82) is 0 Å². The SMILES string of the molecule is CNCC(=O)NC(C)Cc1ccc(OCc2ccc(C)cc2)cc1. The Bertz CT molecular complexity index is 636. The number of carbonyl (C=O) groups is 1. The van der Waals surface area contributed by atoms with Gasteiger partial charge in [0.2, 0.25) is 5.91 Å². The molecule has 0 aliphatic heterocycles. The third-order valence-electron chi connectivity index (χ3n) is 3.74. The Morgan fingerprint density at radius 1 is 1.04 bits per heavy atom. The minimum atomic E-state index is 0.0167. The molecule has 1 amide bonds. The summed E-state index contributed by atoms with van der Waals surface area (Å²) in [5.74, 6) is 0.870. The maximum absolute atomic E-state index is 11.5. The lowest BCUT2D eigenvalue weighted by molar-refractivity contribution is -0.120. The van der Waals surface area contributed by atoms with Crippen molar-refractivity contribution in [1.82, 2.24) is 10.6 Å². The first-order chi connectivity index (χ1) is 11.6. The standard InChI is InChI=1S/C20H26N2O2/c1-15-4-6-18(7-5-15)14-24-19-10-8-17(9-11-19)12-16(2)22-20(23)13-21-3/h4-11,16,21H,12-14H2,1-3H3,(H,22,23). The van der Waals surface area contributed by atoms with Gasteiger partial charge < -0.3 is 15.4 Å². The van der Waals surface area contributed by atoms with Crippen LogP contribution in [-0.4, -0.2) is 25.5 Å². The average Bonchev–Trinajstić information content (AvgIpc) is 2.55. The van der Waals surface area contributed by atoms with Crippen LogP contribution in [0, 0.1) is 6.92 Å². The molecule has 0 heterocycles. The molecule has 2 N–H and O–H groups in total. The first kappa shape index (κ1) is 18.0. The second-order valence-electron chi connectivity index (χ2n) is 6.12. The number of hydrogen-bond donors (Lipinski definition) is 2. The quantitative estimate of drug-likeness (QED) is 0.784. The predicted octanol–water partition coefficient (Wildman–Crippen LogP) is 2.84. The Morgan fingerprint density at radius 3 is 2.29 bits per heavy atom. The molecule has 0 bridgehead atoms. The van der Waals surface area contributed by atoms with E-state index in [1.165, 1.54) is 11.1 Å². The van der Waals surface area contributed by atoms with E-state index in [1.807, 2.05) is 31.2 Å². The minimum Gasteiger partial charge on any atom is -0.489 e. The number of likely N-dealkylation sites (N-methyl/N-ethyl adjacent to an activating group) is 1. The Kier molecular flexibility index (Phi) is 6.82. The summed E-state index contributed by atoms with van der Waals surface area (Å²) in [7, 11) is 1.76. The molecule has 24 heavy (non-hydrogen) atoms. The first-order valence-electron chi connectivity index (χ1n) is 8.28. The molecular weight excluding hydrogens is 300 g/mol. The van der Waals surface area contributed by atoms with Crippen molar-refractivity contribution in [2.75, 3.05) is 13.6 Å². The van der Waals surface area contributed by atoms with Gasteiger partial charge in [-0.1, -0.05) is 42.0 Å². The Balaban J connectivity index is 1.81. The second kappa shape index (κ2) is 9.08. The van der Waals surface area contributed by atoms with Crippen LogP contribution in [0.15, 0.2) is 48.5 Å². The van der Waals surface area contributed by atoms with Crippen molar-refractivity contribution in [2.45, 2.75) is 32.9 Å². The van der Waals surface area contributed by atoms with Gasteiger partial charge in [0.25, 0.3) is 0 Å². The van der Waals surface area contributed by atoms with Crippen LogP contribution < -0.4 is 15.4 Å². The number of ether oxygens (including phenoxy) is 1. The number of aryl methyl sites for hydroxylation is 1. The number of hydrogen-bond acceptors (Lipinski definition) is 3. The third-order valence-corrected chi connectivity index (χ3v) is 3.74. The summed E-state index contributed by atoms with van der Waals surface area (Å²) in [6.07, 6.45) is 0.799. The molecular formula is C20H26N2O2. The fourth-order valence-corrected chi connectivity index (χ4v) is 2.46. The number of benzene rings is 2. The molecule has 4 heteroatoms. The molecule has 0 aliphatic rings. The van der Waals surface area contributed by atoms with Gasteiger partial charge in [0, 0.05) is 6.04 Å². The van der Waals surface area contributed by atoms with E-state index in [1.54, 1.807) is 7.05 Å². The smallest absolute Gasteiger partial charge is 0.234 e. The molecule has 0 spiro atoms. The highest BCUT2D eigenvalue weighted by Crippen LogP contribution is 2.15. The van der Waals surface area contributed by atoms with Gasteiger partial charge in [0.15, 0.2) is 0 Å². The average molecular weight is 326 g/mol. The molecule has 1 unspecified atom stereocenters. The normalized spacial score (nSPS) is 11.8. The van der Waals surface area contributed by atoms with Crippen LogP contribution in [0.1, 0.15) is 23.6 Å². The van der Waals surface area contributed by atoms with E-state index in [4.69, 9.17) is 4.74 Å². The highest BCUT2D eigenvalue weighted by molar-refractivity contribution is 5.78. The van der Waals surface area contributed by atoms with Gasteiger partial charge in [0.05, 0.1) is 6.54 Å². The van der Waals surface area contributed by atoms with Crippen molar-refractivity contribution >= 4 is 5.91 Å². The number of nitrogens with one attached hydrogen (secondary N) is 2. The van der Waals surface area contributed by atoms with Crippen LogP contribution in [0.4, 0.5) is 0 Å². The van der Waals surface area contributed by atoms with Crippen molar-refractivity contribution in [2.24, 2.45) is 0 Å². The van der Waals surface area contributed by atoms with E-state index in [9.17, 15) is 4.79 Å². The van der Waals surface area contributed by atoms with Crippen LogP contribution >= 0.6 is 0 Å². The fourth-order valence-electron chi connectivity index (χ4n) is 2.46. The highest BCUT2D eigenvalue weighted by Gasteiger charge is 2.07. The van der Waals surface area contributed by atoms with E-state index in [0.717, 1.165) is 17.7 Å². The van der Waals surface area contributed by atoms with Crippen LogP contribution in [-0.2, 0) is 17.8 Å². The molecule has 0 radical (unpaired) electrons. The summed E-state index contributed by atoms with van der Waals surface area (Å²) in [4.78, 5) is 11.5. The lowest BCUT2D eigenvalue weighted by Gasteiger charge is -2.14. The van der Waals surface area contributed by atoms with Gasteiger partial charge in [-0.15, -0.1) is 0 Å². The summed E-state index contributed by atoms with van der Waals surface area (Å²) in [5.41, 5.74) is 3.58. The number of rotatable bonds is 8. The molecule has 1 atom stereocenters. The predicted molar refractivity (Wildman–Crippen MR) is 97.2 cm³/mol. The van der Waals surface area contributed by atoms with E-state index in [2.05, 4.69) is 41.8 Å². The van der Waals surface area contributed by atoms with Crippen LogP contribution in [0.2, 0.25) is 0 Å². The molecule has 0 aliphatic carbocycles. The van der Waals surface area contributed by atoms with Crippen LogP contribution in [0.3, 0.4) is 0 Å². The van der Waals surface area contributed by atoms with E-state index >= 15 is 0 Å². The van der Waals surface area contributed by atoms with Gasteiger partial charge >= 0.3 is 0 Å². The molecule has 0 fully saturated rings. The zero-order valence-corrected chi connectivity index (χ0v) is 14.6. The summed E-state index contributed by atoms with van der Waals surface area (Å²) in [6, 6.07) is 16.5. The summed E-state index contributed by atoms with van der Waals surface area (Å²) in [5, 5.41) is 5.81. The van der Waals surface area contributed by atoms with Crippen molar-refractivity contribution in [3.05, 3.63) is 65.2 Å². The first-order valence-corrected chi connectivity index (χ1v) is 8.28. The molecule has 4 nitrogen and oxygen atoms in total. The lowest BCUT2D eigenvalue weighted by atomic mass is 10.1. The summed E-state index contributed by atoms with van der Waals surface area (Å²) in [6.45, 7) is 4.99. The number of amides is 1. The van der Waals surface area contributed by atoms with Gasteiger partial charge in [-0.05, 0) is 50.6 Å². The fraction of sp³-hybridized carbons (Fsp3) is 0.350. The van der Waals surface area contributed by atoms with Crippen LogP contribution in [0.5, 0.6) is 5.75 Å².